The second-order valence-electron chi connectivity index (χ2n) is 6.44. The van der Waals surface area contributed by atoms with Crippen LogP contribution in [-0.2, 0) is 12.3 Å². The van der Waals surface area contributed by atoms with Crippen molar-refractivity contribution in [1.82, 2.24) is 19.7 Å². The maximum absolute atomic E-state index is 12.0. The Bertz CT molecular complexity index is 1190. The summed E-state index contributed by atoms with van der Waals surface area (Å²) < 4.78 is 12.7. The van der Waals surface area contributed by atoms with Gasteiger partial charge in [-0.15, -0.1) is 10.2 Å². The van der Waals surface area contributed by atoms with Crippen LogP contribution in [0.4, 0.5) is 0 Å². The molecule has 148 valence electrons. The quantitative estimate of drug-likeness (QED) is 0.335. The van der Waals surface area contributed by atoms with Crippen LogP contribution in [0.25, 0.3) is 22.4 Å². The molecular weight excluding hydrogens is 388 g/mol. The van der Waals surface area contributed by atoms with Gasteiger partial charge in [0.2, 0.25) is 0 Å². The summed E-state index contributed by atoms with van der Waals surface area (Å²) in [6, 6.07) is 10.9. The summed E-state index contributed by atoms with van der Waals surface area (Å²) in [6.45, 7) is 2.93. The first kappa shape index (κ1) is 19.2. The average molecular weight is 408 g/mol. The molecule has 29 heavy (non-hydrogen) atoms. The summed E-state index contributed by atoms with van der Waals surface area (Å²) in [7, 11) is 1.58. The van der Waals surface area contributed by atoms with E-state index < -0.39 is 0 Å². The van der Waals surface area contributed by atoms with E-state index >= 15 is 0 Å². The number of benzene rings is 1. The molecule has 1 aromatic carbocycles. The number of hydrogen-bond acceptors (Lipinski definition) is 7. The highest BCUT2D eigenvalue weighted by atomic mass is 32.2. The minimum Gasteiger partial charge on any atom is -0.497 e. The molecule has 0 spiro atoms. The van der Waals surface area contributed by atoms with Crippen LogP contribution in [0.2, 0.25) is 0 Å². The molecule has 4 rings (SSSR count). The number of pyridine rings is 1. The highest BCUT2D eigenvalue weighted by molar-refractivity contribution is 7.98. The fraction of sp³-hybridized carbons (Fsp3) is 0.238. The van der Waals surface area contributed by atoms with Crippen LogP contribution in [0.1, 0.15) is 18.9 Å². The lowest BCUT2D eigenvalue weighted by Gasteiger charge is -2.10. The zero-order valence-corrected chi connectivity index (χ0v) is 17.0. The van der Waals surface area contributed by atoms with E-state index in [0.717, 1.165) is 40.5 Å². The monoisotopic (exact) mass is 408 g/mol. The van der Waals surface area contributed by atoms with Crippen molar-refractivity contribution in [3.05, 3.63) is 64.8 Å². The van der Waals surface area contributed by atoms with Gasteiger partial charge >= 0.3 is 5.63 Å². The van der Waals surface area contributed by atoms with Gasteiger partial charge in [-0.05, 0) is 36.2 Å². The highest BCUT2D eigenvalue weighted by Gasteiger charge is 2.15. The zero-order chi connectivity index (χ0) is 20.2. The molecule has 0 unspecified atom stereocenters. The summed E-state index contributed by atoms with van der Waals surface area (Å²) in [5.41, 5.74) is 2.00. The van der Waals surface area contributed by atoms with Gasteiger partial charge in [0.1, 0.15) is 11.3 Å². The van der Waals surface area contributed by atoms with Crippen molar-refractivity contribution in [2.75, 3.05) is 7.11 Å². The van der Waals surface area contributed by atoms with E-state index in [1.807, 2.05) is 24.3 Å². The topological polar surface area (TPSA) is 83.0 Å². The van der Waals surface area contributed by atoms with Gasteiger partial charge in [-0.1, -0.05) is 18.7 Å². The van der Waals surface area contributed by atoms with Gasteiger partial charge in [0, 0.05) is 47.8 Å². The Morgan fingerprint density at radius 3 is 2.72 bits per heavy atom. The number of nitrogens with zero attached hydrogens (tertiary/aromatic N) is 4. The summed E-state index contributed by atoms with van der Waals surface area (Å²) in [6.07, 6.45) is 4.45. The number of ether oxygens (including phenoxy) is 1. The molecule has 8 heteroatoms. The Hall–Kier alpha value is -3.13. The molecule has 0 atom stereocenters. The Kier molecular flexibility index (Phi) is 5.62. The second-order valence-corrected chi connectivity index (χ2v) is 7.38. The minimum atomic E-state index is -0.381. The van der Waals surface area contributed by atoms with E-state index in [4.69, 9.17) is 9.15 Å². The van der Waals surface area contributed by atoms with Crippen molar-refractivity contribution in [3.8, 4) is 17.1 Å². The van der Waals surface area contributed by atoms with Crippen LogP contribution in [0.5, 0.6) is 5.75 Å². The second kappa shape index (κ2) is 8.48. The number of thioether (sulfide) groups is 1. The number of fused-ring (bicyclic) bond motifs is 1. The fourth-order valence-corrected chi connectivity index (χ4v) is 4.09. The molecule has 0 bridgehead atoms. The van der Waals surface area contributed by atoms with Gasteiger partial charge in [0.15, 0.2) is 11.0 Å². The standard InChI is InChI=1S/C21H20N4O3S/c1-3-10-25-20(14-6-8-22-9-7-14)23-24-21(25)29-13-15-11-19(26)28-18-12-16(27-2)4-5-17(15)18/h4-9,11-12H,3,10,13H2,1-2H3. The van der Waals surface area contributed by atoms with Crippen molar-refractivity contribution < 1.29 is 9.15 Å². The van der Waals surface area contributed by atoms with Crippen LogP contribution >= 0.6 is 11.8 Å². The third-order valence-corrected chi connectivity index (χ3v) is 5.51. The van der Waals surface area contributed by atoms with Crippen LogP contribution < -0.4 is 10.4 Å². The first-order valence-corrected chi connectivity index (χ1v) is 10.3. The number of aromatic nitrogens is 4. The van der Waals surface area contributed by atoms with Gasteiger partial charge in [-0.2, -0.15) is 0 Å². The molecular formula is C21H20N4O3S. The van der Waals surface area contributed by atoms with Gasteiger partial charge in [-0.25, -0.2) is 4.79 Å². The van der Waals surface area contributed by atoms with Crippen LogP contribution in [0.15, 0.2) is 63.2 Å². The van der Waals surface area contributed by atoms with Gasteiger partial charge in [0.05, 0.1) is 7.11 Å². The van der Waals surface area contributed by atoms with Crippen molar-refractivity contribution in [1.29, 1.82) is 0 Å². The molecule has 0 fully saturated rings. The maximum Gasteiger partial charge on any atom is 0.336 e. The zero-order valence-electron chi connectivity index (χ0n) is 16.2. The molecule has 0 aliphatic rings. The van der Waals surface area contributed by atoms with Crippen LogP contribution in [0.3, 0.4) is 0 Å². The number of methoxy groups -OCH3 is 1. The lowest BCUT2D eigenvalue weighted by molar-refractivity contribution is 0.414. The molecule has 0 aliphatic heterocycles. The molecule has 0 N–H and O–H groups in total. The van der Waals surface area contributed by atoms with E-state index in [0.29, 0.717) is 17.1 Å². The molecule has 0 aliphatic carbocycles. The molecule has 3 aromatic heterocycles. The van der Waals surface area contributed by atoms with Crippen molar-refractivity contribution in [2.45, 2.75) is 30.8 Å². The fourth-order valence-electron chi connectivity index (χ4n) is 3.13. The van der Waals surface area contributed by atoms with Crippen molar-refractivity contribution >= 4 is 22.7 Å². The Balaban J connectivity index is 1.66. The molecule has 0 saturated heterocycles. The van der Waals surface area contributed by atoms with E-state index in [1.54, 1.807) is 37.3 Å². The summed E-state index contributed by atoms with van der Waals surface area (Å²) in [5.74, 6) is 2.04. The predicted octanol–water partition coefficient (Wildman–Crippen LogP) is 4.16. The average Bonchev–Trinajstić information content (AvgIpc) is 3.15. The lowest BCUT2D eigenvalue weighted by atomic mass is 10.1. The SMILES string of the molecule is CCCn1c(SCc2cc(=O)oc3cc(OC)ccc23)nnc1-c1ccncc1. The number of rotatable bonds is 7. The van der Waals surface area contributed by atoms with Crippen LogP contribution in [-0.4, -0.2) is 26.9 Å². The van der Waals surface area contributed by atoms with Crippen LogP contribution in [0, 0.1) is 0 Å². The Labute approximate surface area is 171 Å². The first-order chi connectivity index (χ1) is 14.2. The van der Waals surface area contributed by atoms with E-state index in [9.17, 15) is 4.79 Å². The van der Waals surface area contributed by atoms with E-state index in [1.165, 1.54) is 6.07 Å². The molecule has 7 nitrogen and oxygen atoms in total. The van der Waals surface area contributed by atoms with E-state index in [2.05, 4.69) is 26.7 Å². The number of hydrogen-bond donors (Lipinski definition) is 0. The molecule has 0 amide bonds. The Morgan fingerprint density at radius 1 is 1.14 bits per heavy atom. The smallest absolute Gasteiger partial charge is 0.336 e. The van der Waals surface area contributed by atoms with Gasteiger partial charge in [0.25, 0.3) is 0 Å². The summed E-state index contributed by atoms with van der Waals surface area (Å²) in [5, 5.41) is 10.5. The molecule has 0 saturated carbocycles. The Morgan fingerprint density at radius 2 is 1.97 bits per heavy atom. The van der Waals surface area contributed by atoms with Gasteiger partial charge in [-0.3, -0.25) is 4.98 Å². The maximum atomic E-state index is 12.0. The minimum absolute atomic E-state index is 0.381. The third kappa shape index (κ3) is 4.02. The van der Waals surface area contributed by atoms with Gasteiger partial charge < -0.3 is 13.7 Å². The van der Waals surface area contributed by atoms with E-state index in [-0.39, 0.29) is 5.63 Å². The molecule has 4 aromatic rings. The highest BCUT2D eigenvalue weighted by Crippen LogP contribution is 2.29. The largest absolute Gasteiger partial charge is 0.497 e. The molecule has 3 heterocycles. The lowest BCUT2D eigenvalue weighted by Crippen LogP contribution is -2.03. The van der Waals surface area contributed by atoms with Crippen molar-refractivity contribution in [3.63, 3.8) is 0 Å². The summed E-state index contributed by atoms with van der Waals surface area (Å²) in [4.78, 5) is 16.1. The first-order valence-electron chi connectivity index (χ1n) is 9.26. The third-order valence-electron chi connectivity index (χ3n) is 4.50. The molecule has 0 radical (unpaired) electrons. The van der Waals surface area contributed by atoms with Crippen molar-refractivity contribution in [2.24, 2.45) is 0 Å². The predicted molar refractivity (Wildman–Crippen MR) is 112 cm³/mol. The summed E-state index contributed by atoms with van der Waals surface area (Å²) >= 11 is 1.55. The normalized spacial score (nSPS) is 11.1.